The van der Waals surface area contributed by atoms with Crippen molar-refractivity contribution in [2.24, 2.45) is 11.8 Å². The predicted octanol–water partition coefficient (Wildman–Crippen LogP) is 3.46. The summed E-state index contributed by atoms with van der Waals surface area (Å²) in [4.78, 5) is 0. The lowest BCUT2D eigenvalue weighted by Gasteiger charge is -2.31. The second-order valence-electron chi connectivity index (χ2n) is 5.76. The Bertz CT molecular complexity index is 178. The van der Waals surface area contributed by atoms with Gasteiger partial charge < -0.3 is 10.1 Å². The fraction of sp³-hybridized carbons (Fsp3) is 1.00. The second kappa shape index (κ2) is 7.29. The van der Waals surface area contributed by atoms with Crippen LogP contribution in [0.15, 0.2) is 0 Å². The average Bonchev–Trinajstić information content (AvgIpc) is 2.17. The summed E-state index contributed by atoms with van der Waals surface area (Å²) >= 11 is 0. The van der Waals surface area contributed by atoms with E-state index in [0.717, 1.165) is 24.8 Å². The Hall–Kier alpha value is -0.0800. The monoisotopic (exact) mass is 229 g/mol. The first kappa shape index (κ1) is 15.9. The van der Waals surface area contributed by atoms with E-state index in [1.165, 1.54) is 6.42 Å². The number of methoxy groups -OCH3 is 1. The SMILES string of the molecule is CCNC(C)C(CCC(C)(C)OC)C(C)C. The molecule has 0 aromatic heterocycles. The van der Waals surface area contributed by atoms with Gasteiger partial charge in [-0.2, -0.15) is 0 Å². The van der Waals surface area contributed by atoms with Crippen molar-refractivity contribution in [1.82, 2.24) is 5.32 Å². The number of hydrogen-bond donors (Lipinski definition) is 1. The van der Waals surface area contributed by atoms with Crippen molar-refractivity contribution in [2.75, 3.05) is 13.7 Å². The first-order valence-electron chi connectivity index (χ1n) is 6.62. The van der Waals surface area contributed by atoms with Crippen LogP contribution in [-0.4, -0.2) is 25.3 Å². The summed E-state index contributed by atoms with van der Waals surface area (Å²) in [6.07, 6.45) is 2.36. The van der Waals surface area contributed by atoms with E-state index in [9.17, 15) is 0 Å². The molecule has 1 N–H and O–H groups in total. The maximum atomic E-state index is 5.49. The molecule has 0 fully saturated rings. The van der Waals surface area contributed by atoms with Gasteiger partial charge in [-0.15, -0.1) is 0 Å². The second-order valence-corrected chi connectivity index (χ2v) is 5.76. The highest BCUT2D eigenvalue weighted by atomic mass is 16.5. The van der Waals surface area contributed by atoms with Gasteiger partial charge in [0.1, 0.15) is 0 Å². The molecule has 98 valence electrons. The zero-order valence-corrected chi connectivity index (χ0v) is 12.3. The molecular weight excluding hydrogens is 198 g/mol. The van der Waals surface area contributed by atoms with E-state index >= 15 is 0 Å². The minimum Gasteiger partial charge on any atom is -0.379 e. The highest BCUT2D eigenvalue weighted by molar-refractivity contribution is 4.78. The van der Waals surface area contributed by atoms with Gasteiger partial charge >= 0.3 is 0 Å². The van der Waals surface area contributed by atoms with Crippen LogP contribution in [0.1, 0.15) is 54.4 Å². The first-order valence-corrected chi connectivity index (χ1v) is 6.62. The lowest BCUT2D eigenvalue weighted by molar-refractivity contribution is 0.00733. The molecule has 0 amide bonds. The smallest absolute Gasteiger partial charge is 0.0622 e. The van der Waals surface area contributed by atoms with Crippen LogP contribution in [-0.2, 0) is 4.74 Å². The highest BCUT2D eigenvalue weighted by Gasteiger charge is 2.24. The van der Waals surface area contributed by atoms with Crippen molar-refractivity contribution in [2.45, 2.75) is 66.0 Å². The summed E-state index contributed by atoms with van der Waals surface area (Å²) < 4.78 is 5.49. The zero-order valence-electron chi connectivity index (χ0n) is 12.3. The van der Waals surface area contributed by atoms with Gasteiger partial charge in [0.15, 0.2) is 0 Å². The van der Waals surface area contributed by atoms with Crippen LogP contribution in [0.4, 0.5) is 0 Å². The van der Waals surface area contributed by atoms with E-state index in [-0.39, 0.29) is 5.60 Å². The van der Waals surface area contributed by atoms with E-state index in [1.807, 2.05) is 0 Å². The Morgan fingerprint density at radius 2 is 1.75 bits per heavy atom. The lowest BCUT2D eigenvalue weighted by Crippen LogP contribution is -2.37. The van der Waals surface area contributed by atoms with Crippen LogP contribution in [0.5, 0.6) is 0 Å². The van der Waals surface area contributed by atoms with E-state index in [2.05, 4.69) is 46.9 Å². The Kier molecular flexibility index (Phi) is 7.25. The van der Waals surface area contributed by atoms with Crippen LogP contribution in [0.2, 0.25) is 0 Å². The van der Waals surface area contributed by atoms with Crippen molar-refractivity contribution >= 4 is 0 Å². The van der Waals surface area contributed by atoms with Crippen LogP contribution in [0, 0.1) is 11.8 Å². The van der Waals surface area contributed by atoms with Crippen LogP contribution in [0.3, 0.4) is 0 Å². The third-order valence-corrected chi connectivity index (χ3v) is 3.66. The largest absolute Gasteiger partial charge is 0.379 e. The van der Waals surface area contributed by atoms with Gasteiger partial charge in [-0.1, -0.05) is 20.8 Å². The normalized spacial score (nSPS) is 16.5. The summed E-state index contributed by atoms with van der Waals surface area (Å²) in [5, 5.41) is 3.54. The number of rotatable bonds is 8. The predicted molar refractivity (Wildman–Crippen MR) is 71.8 cm³/mol. The molecule has 2 heteroatoms. The number of hydrogen-bond acceptors (Lipinski definition) is 2. The summed E-state index contributed by atoms with van der Waals surface area (Å²) in [7, 11) is 1.80. The Labute approximate surface area is 102 Å². The standard InChI is InChI=1S/C14H31NO/c1-8-15-12(4)13(11(2)3)9-10-14(5,6)16-7/h11-13,15H,8-10H2,1-7H3. The van der Waals surface area contributed by atoms with Crippen molar-refractivity contribution in [3.63, 3.8) is 0 Å². The minimum atomic E-state index is 0.0130. The third kappa shape index (κ3) is 5.86. The highest BCUT2D eigenvalue weighted by Crippen LogP contribution is 2.26. The lowest BCUT2D eigenvalue weighted by atomic mass is 9.83. The molecular formula is C14H31NO. The Morgan fingerprint density at radius 1 is 1.19 bits per heavy atom. The molecule has 2 atom stereocenters. The van der Waals surface area contributed by atoms with Crippen molar-refractivity contribution in [1.29, 1.82) is 0 Å². The van der Waals surface area contributed by atoms with Gasteiger partial charge in [0.2, 0.25) is 0 Å². The van der Waals surface area contributed by atoms with Crippen molar-refractivity contribution < 1.29 is 4.74 Å². The van der Waals surface area contributed by atoms with E-state index in [1.54, 1.807) is 7.11 Å². The number of ether oxygens (including phenoxy) is 1. The third-order valence-electron chi connectivity index (χ3n) is 3.66. The molecule has 2 unspecified atom stereocenters. The van der Waals surface area contributed by atoms with Gasteiger partial charge in [0.05, 0.1) is 5.60 Å². The zero-order chi connectivity index (χ0) is 12.8. The molecule has 0 rings (SSSR count). The average molecular weight is 229 g/mol. The van der Waals surface area contributed by atoms with E-state index in [0.29, 0.717) is 6.04 Å². The summed E-state index contributed by atoms with van der Waals surface area (Å²) in [5.74, 6) is 1.45. The summed E-state index contributed by atoms with van der Waals surface area (Å²) in [6.45, 7) is 14.5. The van der Waals surface area contributed by atoms with Gasteiger partial charge in [-0.3, -0.25) is 0 Å². The van der Waals surface area contributed by atoms with Crippen molar-refractivity contribution in [3.8, 4) is 0 Å². The molecule has 0 saturated heterocycles. The minimum absolute atomic E-state index is 0.0130. The molecule has 0 radical (unpaired) electrons. The topological polar surface area (TPSA) is 21.3 Å². The molecule has 0 saturated carbocycles. The maximum Gasteiger partial charge on any atom is 0.0622 e. The summed E-state index contributed by atoms with van der Waals surface area (Å²) in [5.41, 5.74) is 0.0130. The van der Waals surface area contributed by atoms with Crippen molar-refractivity contribution in [3.05, 3.63) is 0 Å². The molecule has 0 aromatic carbocycles. The van der Waals surface area contributed by atoms with Crippen LogP contribution < -0.4 is 5.32 Å². The molecule has 0 aliphatic heterocycles. The maximum absolute atomic E-state index is 5.49. The fourth-order valence-electron chi connectivity index (χ4n) is 2.25. The summed E-state index contributed by atoms with van der Waals surface area (Å²) in [6, 6.07) is 0.595. The van der Waals surface area contributed by atoms with Gasteiger partial charge in [-0.25, -0.2) is 0 Å². The molecule has 0 bridgehead atoms. The molecule has 0 aromatic rings. The molecule has 0 spiro atoms. The molecule has 0 aliphatic carbocycles. The quantitative estimate of drug-likeness (QED) is 0.688. The van der Waals surface area contributed by atoms with E-state index < -0.39 is 0 Å². The first-order chi connectivity index (χ1) is 7.34. The molecule has 2 nitrogen and oxygen atoms in total. The van der Waals surface area contributed by atoms with Gasteiger partial charge in [0.25, 0.3) is 0 Å². The Balaban J connectivity index is 4.24. The van der Waals surface area contributed by atoms with Gasteiger partial charge in [0, 0.05) is 13.2 Å². The molecule has 16 heavy (non-hydrogen) atoms. The van der Waals surface area contributed by atoms with Gasteiger partial charge in [-0.05, 0) is 52.0 Å². The van der Waals surface area contributed by atoms with Crippen LogP contribution in [0.25, 0.3) is 0 Å². The van der Waals surface area contributed by atoms with Crippen LogP contribution >= 0.6 is 0 Å². The fourth-order valence-corrected chi connectivity index (χ4v) is 2.25. The van der Waals surface area contributed by atoms with E-state index in [4.69, 9.17) is 4.74 Å². The Morgan fingerprint density at radius 3 is 2.12 bits per heavy atom. The molecule has 0 aliphatic rings. The molecule has 0 heterocycles. The number of nitrogens with one attached hydrogen (secondary N) is 1.